The zero-order chi connectivity index (χ0) is 12.6. The molecular weight excluding hydrogens is 230 g/mol. The summed E-state index contributed by atoms with van der Waals surface area (Å²) in [7, 11) is 1.65. The predicted octanol–water partition coefficient (Wildman–Crippen LogP) is 1.03. The first-order chi connectivity index (χ1) is 8.69. The summed E-state index contributed by atoms with van der Waals surface area (Å²) < 4.78 is 10.7. The Kier molecular flexibility index (Phi) is 3.01. The Bertz CT molecular complexity index is 406. The van der Waals surface area contributed by atoms with E-state index in [4.69, 9.17) is 9.47 Å². The maximum Gasteiger partial charge on any atom is 0.118 e. The van der Waals surface area contributed by atoms with Gasteiger partial charge >= 0.3 is 0 Å². The largest absolute Gasteiger partial charge is 0.497 e. The molecule has 4 nitrogen and oxygen atoms in total. The van der Waals surface area contributed by atoms with Crippen LogP contribution in [-0.4, -0.2) is 37.5 Å². The average Bonchev–Trinajstić information content (AvgIpc) is 2.38. The Balaban J connectivity index is 1.84. The van der Waals surface area contributed by atoms with Crippen molar-refractivity contribution < 1.29 is 14.6 Å². The van der Waals surface area contributed by atoms with Crippen molar-refractivity contribution >= 4 is 0 Å². The normalized spacial score (nSPS) is 35.2. The fourth-order valence-electron chi connectivity index (χ4n) is 3.05. The van der Waals surface area contributed by atoms with Gasteiger partial charge in [-0.1, -0.05) is 12.1 Å². The molecule has 2 fully saturated rings. The van der Waals surface area contributed by atoms with Crippen LogP contribution in [0.25, 0.3) is 0 Å². The maximum absolute atomic E-state index is 10.9. The summed E-state index contributed by atoms with van der Waals surface area (Å²) in [4.78, 5) is 0. The minimum Gasteiger partial charge on any atom is -0.497 e. The summed E-state index contributed by atoms with van der Waals surface area (Å²) >= 11 is 0. The third kappa shape index (κ3) is 2.11. The van der Waals surface area contributed by atoms with Crippen LogP contribution in [-0.2, 0) is 10.3 Å². The van der Waals surface area contributed by atoms with Gasteiger partial charge in [0.15, 0.2) is 0 Å². The standard InChI is InChI=1S/C14H19NO3/c1-17-13-4-2-10(3-5-13)14(16)6-11-8-18-9-12(7-14)15-11/h2-5,11-12,15-16H,6-9H2,1H3. The molecule has 2 bridgehead atoms. The second-order valence-electron chi connectivity index (χ2n) is 5.27. The van der Waals surface area contributed by atoms with E-state index in [1.54, 1.807) is 7.11 Å². The Morgan fingerprint density at radius 3 is 2.39 bits per heavy atom. The van der Waals surface area contributed by atoms with Crippen LogP contribution >= 0.6 is 0 Å². The summed E-state index contributed by atoms with van der Waals surface area (Å²) in [6.45, 7) is 1.38. The van der Waals surface area contributed by atoms with Crippen molar-refractivity contribution in [3.63, 3.8) is 0 Å². The molecule has 0 aromatic heterocycles. The number of piperidine rings is 1. The summed E-state index contributed by atoms with van der Waals surface area (Å²) in [5.74, 6) is 0.819. The zero-order valence-corrected chi connectivity index (χ0v) is 10.6. The smallest absolute Gasteiger partial charge is 0.118 e. The van der Waals surface area contributed by atoms with Crippen LogP contribution < -0.4 is 10.1 Å². The minimum atomic E-state index is -0.739. The van der Waals surface area contributed by atoms with Crippen molar-refractivity contribution in [3.8, 4) is 5.75 Å². The van der Waals surface area contributed by atoms with E-state index in [-0.39, 0.29) is 12.1 Å². The second-order valence-corrected chi connectivity index (χ2v) is 5.27. The van der Waals surface area contributed by atoms with Gasteiger partial charge in [0.25, 0.3) is 0 Å². The van der Waals surface area contributed by atoms with Gasteiger partial charge in [-0.3, -0.25) is 0 Å². The number of benzene rings is 1. The Hall–Kier alpha value is -1.10. The van der Waals surface area contributed by atoms with Crippen LogP contribution in [0.5, 0.6) is 5.75 Å². The van der Waals surface area contributed by atoms with Crippen LogP contribution in [0.2, 0.25) is 0 Å². The molecular formula is C14H19NO3. The number of fused-ring (bicyclic) bond motifs is 2. The predicted molar refractivity (Wildman–Crippen MR) is 67.7 cm³/mol. The number of hydrogen-bond acceptors (Lipinski definition) is 4. The van der Waals surface area contributed by atoms with E-state index in [1.165, 1.54) is 0 Å². The summed E-state index contributed by atoms with van der Waals surface area (Å²) in [5, 5.41) is 14.4. The molecule has 2 unspecified atom stereocenters. The van der Waals surface area contributed by atoms with E-state index >= 15 is 0 Å². The van der Waals surface area contributed by atoms with Gasteiger partial charge in [0.1, 0.15) is 5.75 Å². The molecule has 2 N–H and O–H groups in total. The monoisotopic (exact) mass is 249 g/mol. The maximum atomic E-state index is 10.9. The number of rotatable bonds is 2. The lowest BCUT2D eigenvalue weighted by atomic mass is 9.78. The van der Waals surface area contributed by atoms with Crippen molar-refractivity contribution in [2.24, 2.45) is 0 Å². The number of morpholine rings is 1. The molecule has 0 aliphatic carbocycles. The fraction of sp³-hybridized carbons (Fsp3) is 0.571. The zero-order valence-electron chi connectivity index (χ0n) is 10.6. The fourth-order valence-corrected chi connectivity index (χ4v) is 3.05. The van der Waals surface area contributed by atoms with Gasteiger partial charge in [-0.2, -0.15) is 0 Å². The lowest BCUT2D eigenvalue weighted by Gasteiger charge is -2.45. The van der Waals surface area contributed by atoms with E-state index in [0.717, 1.165) is 11.3 Å². The molecule has 2 aliphatic rings. The highest BCUT2D eigenvalue weighted by atomic mass is 16.5. The number of aliphatic hydroxyl groups is 1. The van der Waals surface area contributed by atoms with Crippen LogP contribution in [0.4, 0.5) is 0 Å². The first kappa shape index (κ1) is 12.0. The number of ether oxygens (including phenoxy) is 2. The molecule has 0 spiro atoms. The second kappa shape index (κ2) is 4.53. The molecule has 2 saturated heterocycles. The molecule has 0 amide bonds. The highest BCUT2D eigenvalue weighted by Crippen LogP contribution is 2.37. The molecule has 4 heteroatoms. The molecule has 3 rings (SSSR count). The highest BCUT2D eigenvalue weighted by molar-refractivity contribution is 5.31. The van der Waals surface area contributed by atoms with Crippen LogP contribution in [0, 0.1) is 0 Å². The first-order valence-electron chi connectivity index (χ1n) is 6.40. The third-order valence-electron chi connectivity index (χ3n) is 3.91. The topological polar surface area (TPSA) is 50.7 Å². The summed E-state index contributed by atoms with van der Waals surface area (Å²) in [6, 6.07) is 8.24. The molecule has 2 atom stereocenters. The third-order valence-corrected chi connectivity index (χ3v) is 3.91. The van der Waals surface area contributed by atoms with E-state index < -0.39 is 5.60 Å². The molecule has 1 aromatic carbocycles. The Labute approximate surface area is 107 Å². The van der Waals surface area contributed by atoms with Crippen molar-refractivity contribution in [1.29, 1.82) is 0 Å². The van der Waals surface area contributed by atoms with Gasteiger partial charge in [0, 0.05) is 12.1 Å². The summed E-state index contributed by atoms with van der Waals surface area (Å²) in [6.07, 6.45) is 1.41. The number of hydrogen-bond donors (Lipinski definition) is 2. The van der Waals surface area contributed by atoms with Crippen molar-refractivity contribution in [2.75, 3.05) is 20.3 Å². The summed E-state index contributed by atoms with van der Waals surface area (Å²) in [5.41, 5.74) is 0.234. The van der Waals surface area contributed by atoms with Crippen molar-refractivity contribution in [1.82, 2.24) is 5.32 Å². The number of methoxy groups -OCH3 is 1. The Morgan fingerprint density at radius 1 is 1.22 bits per heavy atom. The van der Waals surface area contributed by atoms with Gasteiger partial charge in [0.05, 0.1) is 25.9 Å². The SMILES string of the molecule is COc1ccc(C2(O)CC3COCC(C2)N3)cc1. The van der Waals surface area contributed by atoms with E-state index in [2.05, 4.69) is 5.32 Å². The quantitative estimate of drug-likeness (QED) is 0.822. The molecule has 18 heavy (non-hydrogen) atoms. The van der Waals surface area contributed by atoms with Crippen molar-refractivity contribution in [3.05, 3.63) is 29.8 Å². The van der Waals surface area contributed by atoms with Gasteiger partial charge in [-0.05, 0) is 30.5 Å². The lowest BCUT2D eigenvalue weighted by Crippen LogP contribution is -2.58. The molecule has 2 aliphatic heterocycles. The average molecular weight is 249 g/mol. The minimum absolute atomic E-state index is 0.254. The van der Waals surface area contributed by atoms with E-state index in [0.29, 0.717) is 26.1 Å². The van der Waals surface area contributed by atoms with Gasteiger partial charge in [0.2, 0.25) is 0 Å². The molecule has 1 aromatic rings. The lowest BCUT2D eigenvalue weighted by molar-refractivity contribution is -0.0802. The van der Waals surface area contributed by atoms with Crippen LogP contribution in [0.15, 0.2) is 24.3 Å². The van der Waals surface area contributed by atoms with Gasteiger partial charge < -0.3 is 19.9 Å². The molecule has 98 valence electrons. The van der Waals surface area contributed by atoms with Crippen molar-refractivity contribution in [2.45, 2.75) is 30.5 Å². The van der Waals surface area contributed by atoms with Gasteiger partial charge in [-0.25, -0.2) is 0 Å². The number of nitrogens with one attached hydrogen (secondary N) is 1. The molecule has 0 saturated carbocycles. The first-order valence-corrected chi connectivity index (χ1v) is 6.40. The van der Waals surface area contributed by atoms with E-state index in [9.17, 15) is 5.11 Å². The van der Waals surface area contributed by atoms with Crippen LogP contribution in [0.1, 0.15) is 18.4 Å². The Morgan fingerprint density at radius 2 is 1.83 bits per heavy atom. The van der Waals surface area contributed by atoms with Gasteiger partial charge in [-0.15, -0.1) is 0 Å². The van der Waals surface area contributed by atoms with Crippen LogP contribution in [0.3, 0.4) is 0 Å². The van der Waals surface area contributed by atoms with E-state index in [1.807, 2.05) is 24.3 Å². The molecule has 0 radical (unpaired) electrons. The molecule has 2 heterocycles. The highest BCUT2D eigenvalue weighted by Gasteiger charge is 2.42.